The van der Waals surface area contributed by atoms with Crippen LogP contribution in [-0.2, 0) is 6.54 Å². The Bertz CT molecular complexity index is 690. The molecule has 1 aliphatic heterocycles. The van der Waals surface area contributed by atoms with Crippen molar-refractivity contribution in [2.45, 2.75) is 25.4 Å². The lowest BCUT2D eigenvalue weighted by Gasteiger charge is -2.30. The quantitative estimate of drug-likeness (QED) is 0.479. The third kappa shape index (κ3) is 4.49. The fourth-order valence-electron chi connectivity index (χ4n) is 2.94. The van der Waals surface area contributed by atoms with E-state index in [1.807, 2.05) is 12.3 Å². The first-order valence-electron chi connectivity index (χ1n) is 8.24. The molecule has 2 aromatic rings. The van der Waals surface area contributed by atoms with Gasteiger partial charge in [-0.05, 0) is 36.1 Å². The van der Waals surface area contributed by atoms with E-state index in [1.54, 1.807) is 12.1 Å². The fourth-order valence-corrected chi connectivity index (χ4v) is 2.94. The molecule has 0 saturated carbocycles. The molecule has 1 aliphatic rings. The van der Waals surface area contributed by atoms with E-state index < -0.39 is 0 Å². The minimum absolute atomic E-state index is 0.112. The number of nitro benzene ring substituents is 1. The molecule has 0 N–H and O–H groups in total. The van der Waals surface area contributed by atoms with Crippen molar-refractivity contribution in [3.8, 4) is 0 Å². The molecule has 3 rings (SSSR count). The number of aliphatic imine (C=N–C) groups is 1. The van der Waals surface area contributed by atoms with Crippen molar-refractivity contribution in [3.05, 3.63) is 75.8 Å². The lowest BCUT2D eigenvalue weighted by atomic mass is 10.0. The van der Waals surface area contributed by atoms with Crippen molar-refractivity contribution in [2.24, 2.45) is 4.99 Å². The van der Waals surface area contributed by atoms with E-state index in [9.17, 15) is 10.1 Å². The highest BCUT2D eigenvalue weighted by molar-refractivity contribution is 5.80. The number of likely N-dealkylation sites (tertiary alicyclic amines) is 1. The first-order chi connectivity index (χ1) is 11.7. The van der Waals surface area contributed by atoms with Gasteiger partial charge in [0.25, 0.3) is 5.69 Å². The second-order valence-corrected chi connectivity index (χ2v) is 6.12. The summed E-state index contributed by atoms with van der Waals surface area (Å²) >= 11 is 0. The van der Waals surface area contributed by atoms with Crippen LogP contribution in [0, 0.1) is 10.1 Å². The molecule has 0 unspecified atom stereocenters. The van der Waals surface area contributed by atoms with Gasteiger partial charge in [0.2, 0.25) is 0 Å². The topological polar surface area (TPSA) is 58.7 Å². The molecule has 124 valence electrons. The van der Waals surface area contributed by atoms with Gasteiger partial charge in [-0.3, -0.25) is 20.0 Å². The van der Waals surface area contributed by atoms with Crippen LogP contribution in [0.5, 0.6) is 0 Å². The Labute approximate surface area is 141 Å². The lowest BCUT2D eigenvalue weighted by molar-refractivity contribution is -0.384. The highest BCUT2D eigenvalue weighted by Crippen LogP contribution is 2.17. The van der Waals surface area contributed by atoms with Gasteiger partial charge in [0, 0.05) is 38.0 Å². The molecule has 24 heavy (non-hydrogen) atoms. The van der Waals surface area contributed by atoms with Gasteiger partial charge in [-0.1, -0.05) is 30.3 Å². The number of nitrogens with zero attached hydrogens (tertiary/aromatic N) is 3. The Morgan fingerprint density at radius 3 is 2.38 bits per heavy atom. The van der Waals surface area contributed by atoms with E-state index in [1.165, 1.54) is 17.7 Å². The summed E-state index contributed by atoms with van der Waals surface area (Å²) in [5.41, 5.74) is 2.37. The number of non-ortho nitro benzene ring substituents is 1. The summed E-state index contributed by atoms with van der Waals surface area (Å²) in [6.07, 6.45) is 3.94. The van der Waals surface area contributed by atoms with E-state index in [0.717, 1.165) is 38.0 Å². The van der Waals surface area contributed by atoms with Crippen molar-refractivity contribution in [2.75, 3.05) is 13.1 Å². The zero-order chi connectivity index (χ0) is 16.8. The van der Waals surface area contributed by atoms with Crippen LogP contribution in [0.4, 0.5) is 5.69 Å². The second-order valence-electron chi connectivity index (χ2n) is 6.12. The number of benzene rings is 2. The van der Waals surface area contributed by atoms with Gasteiger partial charge in [-0.15, -0.1) is 0 Å². The van der Waals surface area contributed by atoms with E-state index in [2.05, 4.69) is 34.2 Å². The van der Waals surface area contributed by atoms with Crippen LogP contribution in [0.15, 0.2) is 59.6 Å². The van der Waals surface area contributed by atoms with Gasteiger partial charge in [0.15, 0.2) is 0 Å². The molecule has 5 heteroatoms. The maximum atomic E-state index is 10.6. The SMILES string of the molecule is O=[N+]([O-])c1ccc(C=NC2CCN(Cc3ccccc3)CC2)cc1. The third-order valence-corrected chi connectivity index (χ3v) is 4.34. The highest BCUT2D eigenvalue weighted by Gasteiger charge is 2.18. The van der Waals surface area contributed by atoms with E-state index >= 15 is 0 Å². The van der Waals surface area contributed by atoms with Gasteiger partial charge in [-0.25, -0.2) is 0 Å². The van der Waals surface area contributed by atoms with Gasteiger partial charge >= 0.3 is 0 Å². The van der Waals surface area contributed by atoms with Gasteiger partial charge in [0.05, 0.1) is 11.0 Å². The average Bonchev–Trinajstić information content (AvgIpc) is 2.62. The van der Waals surface area contributed by atoms with Crippen LogP contribution in [0.3, 0.4) is 0 Å². The van der Waals surface area contributed by atoms with Crippen LogP contribution in [0.2, 0.25) is 0 Å². The summed E-state index contributed by atoms with van der Waals surface area (Å²) in [6.45, 7) is 3.11. The molecule has 0 spiro atoms. The number of hydrogen-bond donors (Lipinski definition) is 0. The molecule has 1 heterocycles. The average molecular weight is 323 g/mol. The first kappa shape index (κ1) is 16.3. The first-order valence-corrected chi connectivity index (χ1v) is 8.24. The van der Waals surface area contributed by atoms with E-state index in [-0.39, 0.29) is 10.6 Å². The molecule has 1 saturated heterocycles. The molecule has 0 aliphatic carbocycles. The van der Waals surface area contributed by atoms with Crippen LogP contribution < -0.4 is 0 Å². The van der Waals surface area contributed by atoms with Crippen LogP contribution in [0.1, 0.15) is 24.0 Å². The summed E-state index contributed by atoms with van der Waals surface area (Å²) in [5.74, 6) is 0. The van der Waals surface area contributed by atoms with Gasteiger partial charge in [0.1, 0.15) is 0 Å². The Hall–Kier alpha value is -2.53. The van der Waals surface area contributed by atoms with Gasteiger partial charge in [-0.2, -0.15) is 0 Å². The number of piperidine rings is 1. The predicted octanol–water partition coefficient (Wildman–Crippen LogP) is 3.68. The van der Waals surface area contributed by atoms with Crippen LogP contribution in [-0.4, -0.2) is 35.2 Å². The van der Waals surface area contributed by atoms with E-state index in [4.69, 9.17) is 0 Å². The van der Waals surface area contributed by atoms with Crippen molar-refractivity contribution in [3.63, 3.8) is 0 Å². The Balaban J connectivity index is 1.49. The summed E-state index contributed by atoms with van der Waals surface area (Å²) in [7, 11) is 0. The van der Waals surface area contributed by atoms with Crippen molar-refractivity contribution in [1.29, 1.82) is 0 Å². The lowest BCUT2D eigenvalue weighted by Crippen LogP contribution is -2.34. The number of nitro groups is 1. The number of hydrogen-bond acceptors (Lipinski definition) is 4. The smallest absolute Gasteiger partial charge is 0.269 e. The Kier molecular flexibility index (Phi) is 5.33. The zero-order valence-corrected chi connectivity index (χ0v) is 13.5. The minimum atomic E-state index is -0.386. The Morgan fingerprint density at radius 1 is 1.08 bits per heavy atom. The summed E-state index contributed by atoms with van der Waals surface area (Å²) in [4.78, 5) is 17.4. The number of rotatable bonds is 5. The van der Waals surface area contributed by atoms with E-state index in [0.29, 0.717) is 6.04 Å². The second kappa shape index (κ2) is 7.84. The summed E-state index contributed by atoms with van der Waals surface area (Å²) in [5, 5.41) is 10.6. The molecule has 0 atom stereocenters. The molecule has 0 amide bonds. The predicted molar refractivity (Wildman–Crippen MR) is 95.4 cm³/mol. The zero-order valence-electron chi connectivity index (χ0n) is 13.5. The molecule has 0 radical (unpaired) electrons. The minimum Gasteiger partial charge on any atom is -0.299 e. The highest BCUT2D eigenvalue weighted by atomic mass is 16.6. The molecule has 1 fully saturated rings. The summed E-state index contributed by atoms with van der Waals surface area (Å²) in [6, 6.07) is 17.4. The molecule has 0 aromatic heterocycles. The normalized spacial score (nSPS) is 16.5. The largest absolute Gasteiger partial charge is 0.299 e. The standard InChI is InChI=1S/C19H21N3O2/c23-22(24)19-8-6-16(7-9-19)14-20-18-10-12-21(13-11-18)15-17-4-2-1-3-5-17/h1-9,14,18H,10-13,15H2. The molecule has 5 nitrogen and oxygen atoms in total. The van der Waals surface area contributed by atoms with Gasteiger partial charge < -0.3 is 0 Å². The third-order valence-electron chi connectivity index (χ3n) is 4.34. The molecular weight excluding hydrogens is 302 g/mol. The van der Waals surface area contributed by atoms with Crippen molar-refractivity contribution >= 4 is 11.9 Å². The Morgan fingerprint density at radius 2 is 1.75 bits per heavy atom. The maximum absolute atomic E-state index is 10.6. The van der Waals surface area contributed by atoms with Crippen molar-refractivity contribution < 1.29 is 4.92 Å². The van der Waals surface area contributed by atoms with Crippen LogP contribution in [0.25, 0.3) is 0 Å². The summed E-state index contributed by atoms with van der Waals surface area (Å²) < 4.78 is 0. The molecular formula is C19H21N3O2. The molecule has 0 bridgehead atoms. The maximum Gasteiger partial charge on any atom is 0.269 e. The molecule has 2 aromatic carbocycles. The van der Waals surface area contributed by atoms with Crippen LogP contribution >= 0.6 is 0 Å². The van der Waals surface area contributed by atoms with Crippen molar-refractivity contribution in [1.82, 2.24) is 4.90 Å². The monoisotopic (exact) mass is 323 g/mol. The fraction of sp³-hybridized carbons (Fsp3) is 0.316.